The fraction of sp³-hybridized carbons (Fsp3) is 0.316. The smallest absolute Gasteiger partial charge is 0.332 e. The Morgan fingerprint density at radius 2 is 1.96 bits per heavy atom. The van der Waals surface area contributed by atoms with Crippen molar-refractivity contribution in [1.29, 1.82) is 0 Å². The number of aliphatic hydroxyl groups is 1. The summed E-state index contributed by atoms with van der Waals surface area (Å²) in [7, 11) is 0. The molecule has 132 valence electrons. The lowest BCUT2D eigenvalue weighted by atomic mass is 10.1. The van der Waals surface area contributed by atoms with Gasteiger partial charge in [0.1, 0.15) is 5.75 Å². The van der Waals surface area contributed by atoms with Gasteiger partial charge >= 0.3 is 5.97 Å². The predicted octanol–water partition coefficient (Wildman–Crippen LogP) is 3.01. The maximum atomic E-state index is 10.7. The summed E-state index contributed by atoms with van der Waals surface area (Å²) in [5.74, 6) is 0.531. The average molecular weight is 359 g/mol. The summed E-state index contributed by atoms with van der Waals surface area (Å²) in [6.07, 6.45) is -1.41. The first-order valence-corrected chi connectivity index (χ1v) is 9.18. The van der Waals surface area contributed by atoms with Crippen molar-refractivity contribution in [2.75, 3.05) is 17.2 Å². The number of thioether (sulfide) groups is 1. The quantitative estimate of drug-likeness (QED) is 0.826. The Balaban J connectivity index is 1.66. The molecular weight excluding hydrogens is 338 g/mol. The van der Waals surface area contributed by atoms with E-state index in [-0.39, 0.29) is 12.6 Å². The lowest BCUT2D eigenvalue weighted by Crippen LogP contribution is -2.40. The zero-order chi connectivity index (χ0) is 17.8. The Labute approximate surface area is 151 Å². The van der Waals surface area contributed by atoms with Gasteiger partial charge in [0.25, 0.3) is 0 Å². The largest absolute Gasteiger partial charge is 0.479 e. The van der Waals surface area contributed by atoms with Gasteiger partial charge in [-0.1, -0.05) is 24.3 Å². The summed E-state index contributed by atoms with van der Waals surface area (Å²) in [6.45, 7) is 2.95. The Bertz CT molecular complexity index is 734. The fourth-order valence-electron chi connectivity index (χ4n) is 2.84. The number of hydrogen-bond acceptors (Lipinski definition) is 5. The molecule has 0 radical (unpaired) electrons. The van der Waals surface area contributed by atoms with Gasteiger partial charge < -0.3 is 19.8 Å². The van der Waals surface area contributed by atoms with Crippen molar-refractivity contribution in [1.82, 2.24) is 0 Å². The Kier molecular flexibility index (Phi) is 5.50. The highest BCUT2D eigenvalue weighted by Crippen LogP contribution is 2.35. The molecule has 0 bridgehead atoms. The summed E-state index contributed by atoms with van der Waals surface area (Å²) in [5.41, 5.74) is 1.95. The maximum Gasteiger partial charge on any atom is 0.332 e. The second kappa shape index (κ2) is 7.80. The number of ether oxygens (including phenoxy) is 1. The third-order valence-corrected chi connectivity index (χ3v) is 5.19. The molecule has 2 N–H and O–H groups in total. The zero-order valence-electron chi connectivity index (χ0n) is 14.0. The third kappa shape index (κ3) is 4.27. The lowest BCUT2D eigenvalue weighted by molar-refractivity contribution is -0.146. The molecule has 6 heteroatoms. The van der Waals surface area contributed by atoms with Crippen molar-refractivity contribution in [2.24, 2.45) is 0 Å². The van der Waals surface area contributed by atoms with E-state index in [9.17, 15) is 9.90 Å². The normalized spacial score (nSPS) is 16.0. The molecule has 0 fully saturated rings. The molecule has 0 aromatic heterocycles. The van der Waals surface area contributed by atoms with Crippen LogP contribution in [0.15, 0.2) is 53.4 Å². The number of para-hydroxylation sites is 1. The van der Waals surface area contributed by atoms with Crippen LogP contribution in [0.25, 0.3) is 0 Å². The van der Waals surface area contributed by atoms with Crippen LogP contribution in [-0.4, -0.2) is 40.8 Å². The van der Waals surface area contributed by atoms with Crippen LogP contribution >= 0.6 is 11.8 Å². The van der Waals surface area contributed by atoms with E-state index >= 15 is 0 Å². The van der Waals surface area contributed by atoms with Crippen LogP contribution in [0, 0.1) is 0 Å². The van der Waals surface area contributed by atoms with E-state index in [0.29, 0.717) is 0 Å². The van der Waals surface area contributed by atoms with Crippen LogP contribution in [-0.2, 0) is 11.2 Å². The summed E-state index contributed by atoms with van der Waals surface area (Å²) >= 11 is 1.86. The van der Waals surface area contributed by atoms with Gasteiger partial charge in [-0.2, -0.15) is 0 Å². The monoisotopic (exact) mass is 359 g/mol. The average Bonchev–Trinajstić information content (AvgIpc) is 2.62. The highest BCUT2D eigenvalue weighted by atomic mass is 32.2. The van der Waals surface area contributed by atoms with Crippen LogP contribution < -0.4 is 9.64 Å². The topological polar surface area (TPSA) is 70.0 Å². The summed E-state index contributed by atoms with van der Waals surface area (Å²) < 4.78 is 6.06. The number of fused-ring (bicyclic) bond motifs is 1. The van der Waals surface area contributed by atoms with Crippen LogP contribution in [0.1, 0.15) is 12.5 Å². The molecule has 0 saturated carbocycles. The van der Waals surface area contributed by atoms with E-state index in [1.54, 1.807) is 12.1 Å². The van der Waals surface area contributed by atoms with Crippen molar-refractivity contribution in [2.45, 2.75) is 30.6 Å². The number of carbonyl (C=O) groups is 1. The van der Waals surface area contributed by atoms with Gasteiger partial charge in [-0.05, 0) is 36.8 Å². The number of nitrogens with zero attached hydrogens (tertiary/aromatic N) is 1. The van der Waals surface area contributed by atoms with Crippen molar-refractivity contribution >= 4 is 23.4 Å². The van der Waals surface area contributed by atoms with Crippen molar-refractivity contribution < 1.29 is 19.7 Å². The van der Waals surface area contributed by atoms with Crippen LogP contribution in [0.2, 0.25) is 0 Å². The SMILES string of the molecule is CC(Oc1ccc(CC(O)C(=O)O)cc1)N1CCSc2ccccc21. The molecule has 1 aliphatic rings. The summed E-state index contributed by atoms with van der Waals surface area (Å²) in [6, 6.07) is 15.5. The number of benzene rings is 2. The molecule has 2 unspecified atom stereocenters. The summed E-state index contributed by atoms with van der Waals surface area (Å²) in [4.78, 5) is 14.2. The first-order valence-electron chi connectivity index (χ1n) is 8.19. The van der Waals surface area contributed by atoms with Gasteiger partial charge in [-0.15, -0.1) is 11.8 Å². The van der Waals surface area contributed by atoms with Gasteiger partial charge in [-0.25, -0.2) is 4.79 Å². The second-order valence-electron chi connectivity index (χ2n) is 5.93. The number of aliphatic hydroxyl groups excluding tert-OH is 1. The third-order valence-electron chi connectivity index (χ3n) is 4.15. The lowest BCUT2D eigenvalue weighted by Gasteiger charge is -2.35. The minimum Gasteiger partial charge on any atom is -0.479 e. The van der Waals surface area contributed by atoms with Crippen LogP contribution in [0.4, 0.5) is 5.69 Å². The number of hydrogen-bond donors (Lipinski definition) is 2. The zero-order valence-corrected chi connectivity index (χ0v) is 14.8. The number of aliphatic carboxylic acids is 1. The molecule has 0 aliphatic carbocycles. The highest BCUT2D eigenvalue weighted by molar-refractivity contribution is 7.99. The molecule has 2 aromatic rings. The molecular formula is C19H21NO4S. The molecule has 0 amide bonds. The second-order valence-corrected chi connectivity index (χ2v) is 7.07. The van der Waals surface area contributed by atoms with Crippen molar-refractivity contribution in [3.05, 3.63) is 54.1 Å². The predicted molar refractivity (Wildman–Crippen MR) is 98.4 cm³/mol. The first kappa shape index (κ1) is 17.6. The maximum absolute atomic E-state index is 10.7. The number of rotatable bonds is 6. The standard InChI is InChI=1S/C19H21NO4S/c1-13(20-10-11-25-18-5-3-2-4-16(18)20)24-15-8-6-14(7-9-15)12-17(21)19(22)23/h2-9,13,17,21H,10-12H2,1H3,(H,22,23). The Morgan fingerprint density at radius 1 is 1.24 bits per heavy atom. The highest BCUT2D eigenvalue weighted by Gasteiger charge is 2.22. The van der Waals surface area contributed by atoms with Gasteiger partial charge in [0.15, 0.2) is 12.3 Å². The number of anilines is 1. The molecule has 1 aliphatic heterocycles. The molecule has 2 aromatic carbocycles. The van der Waals surface area contributed by atoms with Gasteiger partial charge in [0.2, 0.25) is 0 Å². The Morgan fingerprint density at radius 3 is 2.68 bits per heavy atom. The van der Waals surface area contributed by atoms with E-state index in [4.69, 9.17) is 9.84 Å². The minimum absolute atomic E-state index is 0.0852. The number of carboxylic acid groups (broad SMARTS) is 1. The van der Waals surface area contributed by atoms with E-state index < -0.39 is 12.1 Å². The molecule has 3 rings (SSSR count). The fourth-order valence-corrected chi connectivity index (χ4v) is 3.86. The van der Waals surface area contributed by atoms with Crippen LogP contribution in [0.3, 0.4) is 0 Å². The Hall–Kier alpha value is -2.18. The van der Waals surface area contributed by atoms with Crippen molar-refractivity contribution in [3.63, 3.8) is 0 Å². The van der Waals surface area contributed by atoms with Crippen molar-refractivity contribution in [3.8, 4) is 5.75 Å². The van der Waals surface area contributed by atoms with Gasteiger partial charge in [0, 0.05) is 23.6 Å². The molecule has 1 heterocycles. The molecule has 2 atom stereocenters. The minimum atomic E-state index is -1.38. The van der Waals surface area contributed by atoms with E-state index in [1.165, 1.54) is 10.6 Å². The molecule has 0 spiro atoms. The van der Waals surface area contributed by atoms with Gasteiger partial charge in [0.05, 0.1) is 5.69 Å². The molecule has 0 saturated heterocycles. The molecule has 25 heavy (non-hydrogen) atoms. The van der Waals surface area contributed by atoms with E-state index in [2.05, 4.69) is 17.0 Å². The van der Waals surface area contributed by atoms with E-state index in [0.717, 1.165) is 23.6 Å². The first-order chi connectivity index (χ1) is 12.0. The summed E-state index contributed by atoms with van der Waals surface area (Å²) in [5, 5.41) is 18.2. The van der Waals surface area contributed by atoms with Crippen LogP contribution in [0.5, 0.6) is 5.75 Å². The number of carboxylic acids is 1. The van der Waals surface area contributed by atoms with E-state index in [1.807, 2.05) is 43.0 Å². The molecule has 5 nitrogen and oxygen atoms in total. The van der Waals surface area contributed by atoms with Gasteiger partial charge in [-0.3, -0.25) is 0 Å².